The molecule has 6 nitrogen and oxygen atoms in total. The van der Waals surface area contributed by atoms with Crippen LogP contribution in [0.2, 0.25) is 0 Å². The average molecular weight is 563 g/mol. The van der Waals surface area contributed by atoms with Crippen LogP contribution in [0.5, 0.6) is 5.75 Å². The fourth-order valence-electron chi connectivity index (χ4n) is 2.56. The molecular formula is C23H18Br2FN3O3. The fraction of sp³-hybridized carbons (Fsp3) is 0.0870. The van der Waals surface area contributed by atoms with Crippen molar-refractivity contribution in [3.8, 4) is 5.75 Å². The van der Waals surface area contributed by atoms with Gasteiger partial charge >= 0.3 is 0 Å². The van der Waals surface area contributed by atoms with Gasteiger partial charge in [-0.15, -0.1) is 0 Å². The van der Waals surface area contributed by atoms with E-state index in [1.54, 1.807) is 18.2 Å². The normalized spacial score (nSPS) is 10.7. The Morgan fingerprint density at radius 3 is 2.38 bits per heavy atom. The first kappa shape index (κ1) is 23.6. The first-order valence-electron chi connectivity index (χ1n) is 9.43. The Morgan fingerprint density at radius 1 is 0.969 bits per heavy atom. The van der Waals surface area contributed by atoms with E-state index in [-0.39, 0.29) is 0 Å². The Balaban J connectivity index is 1.46. The van der Waals surface area contributed by atoms with Gasteiger partial charge in [-0.25, -0.2) is 9.82 Å². The molecule has 32 heavy (non-hydrogen) atoms. The van der Waals surface area contributed by atoms with E-state index in [4.69, 9.17) is 4.74 Å². The van der Waals surface area contributed by atoms with E-state index < -0.39 is 24.1 Å². The van der Waals surface area contributed by atoms with Gasteiger partial charge in [-0.05, 0) is 81.7 Å². The summed E-state index contributed by atoms with van der Waals surface area (Å²) >= 11 is 6.86. The molecule has 0 spiro atoms. The molecule has 3 rings (SSSR count). The third-order valence-corrected chi connectivity index (χ3v) is 5.26. The maximum Gasteiger partial charge on any atom is 0.249 e. The number of anilines is 1. The van der Waals surface area contributed by atoms with Gasteiger partial charge in [0.15, 0.2) is 0 Å². The lowest BCUT2D eigenvalue weighted by molar-refractivity contribution is -0.126. The molecule has 0 aliphatic heterocycles. The smallest absolute Gasteiger partial charge is 0.249 e. The van der Waals surface area contributed by atoms with Gasteiger partial charge in [0.25, 0.3) is 0 Å². The SMILES string of the molecule is O=C(CC(=O)Nc1ccc(F)cc1)NN=Cc1ccc(OCc2ccc(Br)cc2)c(Br)c1. The van der Waals surface area contributed by atoms with Crippen LogP contribution in [0, 0.1) is 5.82 Å². The van der Waals surface area contributed by atoms with Crippen LogP contribution < -0.4 is 15.5 Å². The van der Waals surface area contributed by atoms with Crippen molar-refractivity contribution in [2.24, 2.45) is 5.10 Å². The van der Waals surface area contributed by atoms with Crippen LogP contribution in [0.25, 0.3) is 0 Å². The van der Waals surface area contributed by atoms with Crippen molar-refractivity contribution in [2.75, 3.05) is 5.32 Å². The highest BCUT2D eigenvalue weighted by molar-refractivity contribution is 9.10. The zero-order valence-electron chi connectivity index (χ0n) is 16.6. The number of nitrogens with one attached hydrogen (secondary N) is 2. The Morgan fingerprint density at radius 2 is 1.69 bits per heavy atom. The average Bonchev–Trinajstić information content (AvgIpc) is 2.76. The number of hydrogen-bond donors (Lipinski definition) is 2. The van der Waals surface area contributed by atoms with Crippen LogP contribution >= 0.6 is 31.9 Å². The summed E-state index contributed by atoms with van der Waals surface area (Å²) in [6.45, 7) is 0.426. The maximum atomic E-state index is 12.9. The molecule has 164 valence electrons. The van der Waals surface area contributed by atoms with Gasteiger partial charge < -0.3 is 10.1 Å². The lowest BCUT2D eigenvalue weighted by Crippen LogP contribution is -2.24. The quantitative estimate of drug-likeness (QED) is 0.219. The summed E-state index contributed by atoms with van der Waals surface area (Å²) in [6, 6.07) is 18.5. The predicted molar refractivity (Wildman–Crippen MR) is 128 cm³/mol. The van der Waals surface area contributed by atoms with E-state index >= 15 is 0 Å². The van der Waals surface area contributed by atoms with E-state index in [0.717, 1.165) is 20.1 Å². The van der Waals surface area contributed by atoms with Crippen molar-refractivity contribution < 1.29 is 18.7 Å². The predicted octanol–water partition coefficient (Wildman–Crippen LogP) is 5.41. The highest BCUT2D eigenvalue weighted by Gasteiger charge is 2.09. The highest BCUT2D eigenvalue weighted by atomic mass is 79.9. The van der Waals surface area contributed by atoms with Crippen LogP contribution in [0.4, 0.5) is 10.1 Å². The number of carbonyl (C=O) groups is 2. The second-order valence-corrected chi connectivity index (χ2v) is 8.40. The fourth-order valence-corrected chi connectivity index (χ4v) is 3.33. The van der Waals surface area contributed by atoms with Crippen LogP contribution in [-0.2, 0) is 16.2 Å². The summed E-state index contributed by atoms with van der Waals surface area (Å²) in [7, 11) is 0. The number of ether oxygens (including phenoxy) is 1. The lowest BCUT2D eigenvalue weighted by atomic mass is 10.2. The highest BCUT2D eigenvalue weighted by Crippen LogP contribution is 2.26. The van der Waals surface area contributed by atoms with Crippen molar-refractivity contribution in [3.63, 3.8) is 0 Å². The van der Waals surface area contributed by atoms with Crippen molar-refractivity contribution in [1.82, 2.24) is 5.43 Å². The number of benzene rings is 3. The Bertz CT molecular complexity index is 1120. The van der Waals surface area contributed by atoms with Gasteiger partial charge in [0.2, 0.25) is 11.8 Å². The summed E-state index contributed by atoms with van der Waals surface area (Å²) in [4.78, 5) is 23.7. The Hall–Kier alpha value is -3.04. The molecule has 0 radical (unpaired) electrons. The number of rotatable bonds is 8. The third-order valence-electron chi connectivity index (χ3n) is 4.12. The standard InChI is InChI=1S/C23H18Br2FN3O3/c24-17-4-1-15(2-5-17)14-32-21-10-3-16(11-20(21)25)13-27-29-23(31)12-22(30)28-19-8-6-18(26)7-9-19/h1-11,13H,12,14H2,(H,28,30)(H,29,31). The molecule has 0 aliphatic rings. The monoisotopic (exact) mass is 561 g/mol. The van der Waals surface area contributed by atoms with Crippen LogP contribution in [0.1, 0.15) is 17.5 Å². The number of halogens is 3. The molecular weight excluding hydrogens is 545 g/mol. The third kappa shape index (κ3) is 7.58. The molecule has 0 unspecified atom stereocenters. The number of carbonyl (C=O) groups excluding carboxylic acids is 2. The van der Waals surface area contributed by atoms with E-state index in [2.05, 4.69) is 47.7 Å². The van der Waals surface area contributed by atoms with Gasteiger partial charge in [-0.1, -0.05) is 28.1 Å². The molecule has 0 saturated carbocycles. The molecule has 2 N–H and O–H groups in total. The van der Waals surface area contributed by atoms with Crippen molar-refractivity contribution >= 4 is 55.6 Å². The van der Waals surface area contributed by atoms with Crippen LogP contribution in [0.3, 0.4) is 0 Å². The van der Waals surface area contributed by atoms with Crippen LogP contribution in [-0.4, -0.2) is 18.0 Å². The van der Waals surface area contributed by atoms with E-state index in [9.17, 15) is 14.0 Å². The van der Waals surface area contributed by atoms with E-state index in [1.807, 2.05) is 24.3 Å². The first-order valence-corrected chi connectivity index (χ1v) is 11.0. The summed E-state index contributed by atoms with van der Waals surface area (Å²) in [5.74, 6) is -0.841. The van der Waals surface area contributed by atoms with E-state index in [1.165, 1.54) is 30.5 Å². The Kier molecular flexibility index (Phi) is 8.52. The largest absolute Gasteiger partial charge is 0.488 e. The minimum Gasteiger partial charge on any atom is -0.488 e. The Labute approximate surface area is 201 Å². The second kappa shape index (κ2) is 11.5. The minimum atomic E-state index is -0.575. The molecule has 3 aromatic carbocycles. The summed E-state index contributed by atoms with van der Waals surface area (Å²) in [5, 5.41) is 6.37. The van der Waals surface area contributed by atoms with E-state index in [0.29, 0.717) is 18.0 Å². The summed E-state index contributed by atoms with van der Waals surface area (Å²) in [6.07, 6.45) is 1.04. The zero-order valence-corrected chi connectivity index (χ0v) is 19.8. The molecule has 0 aromatic heterocycles. The van der Waals surface area contributed by atoms with Gasteiger partial charge in [-0.2, -0.15) is 5.10 Å². The molecule has 2 amide bonds. The van der Waals surface area contributed by atoms with Gasteiger partial charge in [-0.3, -0.25) is 9.59 Å². The molecule has 0 bridgehead atoms. The molecule has 0 heterocycles. The molecule has 0 saturated heterocycles. The summed E-state index contributed by atoms with van der Waals surface area (Å²) < 4.78 is 20.4. The lowest BCUT2D eigenvalue weighted by Gasteiger charge is -2.09. The number of hydrogen-bond acceptors (Lipinski definition) is 4. The zero-order chi connectivity index (χ0) is 22.9. The number of nitrogens with zero attached hydrogens (tertiary/aromatic N) is 1. The molecule has 0 aliphatic carbocycles. The maximum absolute atomic E-state index is 12.9. The number of hydrazone groups is 1. The molecule has 0 fully saturated rings. The number of amides is 2. The summed E-state index contributed by atoms with van der Waals surface area (Å²) in [5.41, 5.74) is 4.47. The second-order valence-electron chi connectivity index (χ2n) is 6.63. The molecule has 3 aromatic rings. The molecule has 0 atom stereocenters. The first-order chi connectivity index (χ1) is 15.4. The minimum absolute atomic E-state index is 0.403. The van der Waals surface area contributed by atoms with Crippen LogP contribution in [0.15, 0.2) is 80.8 Å². The van der Waals surface area contributed by atoms with Crippen molar-refractivity contribution in [1.29, 1.82) is 0 Å². The topological polar surface area (TPSA) is 79.8 Å². The molecule has 9 heteroatoms. The van der Waals surface area contributed by atoms with Crippen molar-refractivity contribution in [3.05, 3.63) is 92.6 Å². The van der Waals surface area contributed by atoms with Crippen molar-refractivity contribution in [2.45, 2.75) is 13.0 Å². The van der Waals surface area contributed by atoms with Gasteiger partial charge in [0.05, 0.1) is 10.7 Å². The van der Waals surface area contributed by atoms with Gasteiger partial charge in [0, 0.05) is 10.2 Å². The van der Waals surface area contributed by atoms with Gasteiger partial charge in [0.1, 0.15) is 24.6 Å².